The van der Waals surface area contributed by atoms with E-state index in [-0.39, 0.29) is 24.0 Å². The summed E-state index contributed by atoms with van der Waals surface area (Å²) in [5, 5.41) is 6.51. The number of hydrogen-bond donors (Lipinski definition) is 2. The van der Waals surface area contributed by atoms with Gasteiger partial charge in [0.05, 0.1) is 36.9 Å². The summed E-state index contributed by atoms with van der Waals surface area (Å²) in [6.07, 6.45) is 6.73. The topological polar surface area (TPSA) is 114 Å². The molecule has 4 aliphatic rings. The van der Waals surface area contributed by atoms with E-state index >= 15 is 0 Å². The Kier molecular flexibility index (Phi) is 10.9. The van der Waals surface area contributed by atoms with Crippen LogP contribution < -0.4 is 20.1 Å². The maximum Gasteiger partial charge on any atom is 0.333 e. The van der Waals surface area contributed by atoms with E-state index in [9.17, 15) is 9.59 Å². The molecule has 2 aliphatic carbocycles. The number of methoxy groups -OCH3 is 1. The number of carbonyl (C=O) groups is 2. The molecule has 1 aromatic carbocycles. The van der Waals surface area contributed by atoms with Crippen LogP contribution >= 0.6 is 0 Å². The molecule has 2 aliphatic heterocycles. The van der Waals surface area contributed by atoms with Gasteiger partial charge in [-0.05, 0) is 118 Å². The van der Waals surface area contributed by atoms with E-state index in [4.69, 9.17) is 28.4 Å². The summed E-state index contributed by atoms with van der Waals surface area (Å²) in [6.45, 7) is 18.5. The van der Waals surface area contributed by atoms with Crippen LogP contribution in [0.25, 0.3) is 0 Å². The van der Waals surface area contributed by atoms with E-state index in [1.54, 1.807) is 14.0 Å². The number of piperidine rings is 1. The van der Waals surface area contributed by atoms with Crippen LogP contribution in [-0.4, -0.2) is 80.3 Å². The number of aryl methyl sites for hydroxylation is 1. The number of esters is 1. The second-order valence-corrected chi connectivity index (χ2v) is 15.8. The van der Waals surface area contributed by atoms with Crippen molar-refractivity contribution in [2.45, 2.75) is 141 Å². The molecule has 1 amide bonds. The van der Waals surface area contributed by atoms with Gasteiger partial charge in [0.25, 0.3) is 0 Å². The van der Waals surface area contributed by atoms with Gasteiger partial charge in [0, 0.05) is 31.1 Å². The first-order valence-electron chi connectivity index (χ1n) is 17.8. The summed E-state index contributed by atoms with van der Waals surface area (Å²) >= 11 is 0. The number of hydrogen-bond acceptors (Lipinski definition) is 9. The standard InChI is InChI=1S/C38H58N2O8/c1-24-13-16-28(43-9)32-31(24)37-19-20-39-26(3)38(37,45-22-27-14-15-27)18-17-29(33(37)48-32)47-34(42)25(2)40-30(41)12-10-11-21-44-36(7,8)23-46-35(4,5)6/h13,16-17,25-27,33,39H,10-12,14-15,18-23H2,1-9H3,(H,40,41)/t25-,26?,33-,37?,38?/m0/s1. The van der Waals surface area contributed by atoms with Crippen molar-refractivity contribution in [1.29, 1.82) is 0 Å². The minimum absolute atomic E-state index is 0.0349. The zero-order chi connectivity index (χ0) is 34.9. The van der Waals surface area contributed by atoms with Crippen LogP contribution in [0.3, 0.4) is 0 Å². The van der Waals surface area contributed by atoms with Crippen molar-refractivity contribution in [2.24, 2.45) is 5.92 Å². The van der Waals surface area contributed by atoms with Gasteiger partial charge >= 0.3 is 5.97 Å². The molecular weight excluding hydrogens is 612 g/mol. The lowest BCUT2D eigenvalue weighted by Crippen LogP contribution is -2.72. The van der Waals surface area contributed by atoms with Crippen molar-refractivity contribution in [1.82, 2.24) is 10.6 Å². The molecule has 10 heteroatoms. The van der Waals surface area contributed by atoms with Crippen molar-refractivity contribution < 1.29 is 38.0 Å². The second-order valence-electron chi connectivity index (χ2n) is 15.8. The van der Waals surface area contributed by atoms with Crippen molar-refractivity contribution in [3.8, 4) is 11.5 Å². The summed E-state index contributed by atoms with van der Waals surface area (Å²) in [4.78, 5) is 26.3. The molecular formula is C38H58N2O8. The van der Waals surface area contributed by atoms with Gasteiger partial charge in [0.1, 0.15) is 17.4 Å². The number of benzene rings is 1. The van der Waals surface area contributed by atoms with Gasteiger partial charge in [0.15, 0.2) is 17.6 Å². The predicted molar refractivity (Wildman–Crippen MR) is 183 cm³/mol. The van der Waals surface area contributed by atoms with Gasteiger partial charge in [-0.2, -0.15) is 0 Å². The Labute approximate surface area is 287 Å². The first-order valence-corrected chi connectivity index (χ1v) is 17.8. The highest BCUT2D eigenvalue weighted by Crippen LogP contribution is 2.63. The fourth-order valence-corrected chi connectivity index (χ4v) is 7.51. The van der Waals surface area contributed by atoms with Crippen LogP contribution in [0.4, 0.5) is 0 Å². The van der Waals surface area contributed by atoms with Gasteiger partial charge in [-0.1, -0.05) is 6.07 Å². The van der Waals surface area contributed by atoms with E-state index in [2.05, 4.69) is 30.5 Å². The second kappa shape index (κ2) is 14.3. The minimum atomic E-state index is -0.830. The lowest BCUT2D eigenvalue weighted by Gasteiger charge is -2.58. The van der Waals surface area contributed by atoms with Crippen molar-refractivity contribution in [3.63, 3.8) is 0 Å². The SMILES string of the molecule is COc1ccc(C)c2c1O[C@H]1C(OC(=O)[C@H](C)NC(=O)CCCCOC(C)(C)COC(C)(C)C)=CCC3(OCC4CC4)C(C)NCCC213. The summed E-state index contributed by atoms with van der Waals surface area (Å²) in [6, 6.07) is 3.21. The number of carbonyl (C=O) groups excluding carboxylic acids is 2. The molecule has 1 saturated heterocycles. The fourth-order valence-electron chi connectivity index (χ4n) is 7.51. The van der Waals surface area contributed by atoms with Crippen molar-refractivity contribution in [3.05, 3.63) is 35.1 Å². The zero-order valence-electron chi connectivity index (χ0n) is 30.6. The highest BCUT2D eigenvalue weighted by atomic mass is 16.6. The first-order chi connectivity index (χ1) is 22.6. The average Bonchev–Trinajstić information content (AvgIpc) is 3.78. The summed E-state index contributed by atoms with van der Waals surface area (Å²) in [7, 11) is 1.65. The van der Waals surface area contributed by atoms with Crippen LogP contribution in [0.5, 0.6) is 11.5 Å². The Hall–Kier alpha value is -2.66. The van der Waals surface area contributed by atoms with E-state index in [1.807, 2.05) is 46.8 Å². The molecule has 5 atom stereocenters. The van der Waals surface area contributed by atoms with Crippen LogP contribution in [0.15, 0.2) is 24.0 Å². The first kappa shape index (κ1) is 36.6. The number of rotatable bonds is 15. The Balaban J connectivity index is 1.24. The van der Waals surface area contributed by atoms with E-state index in [0.29, 0.717) is 55.8 Å². The molecule has 0 aromatic heterocycles. The lowest BCUT2D eigenvalue weighted by atomic mass is 9.54. The molecule has 2 fully saturated rings. The van der Waals surface area contributed by atoms with Crippen LogP contribution in [0.2, 0.25) is 0 Å². The Morgan fingerprint density at radius 3 is 2.56 bits per heavy atom. The monoisotopic (exact) mass is 670 g/mol. The lowest BCUT2D eigenvalue weighted by molar-refractivity contribution is -0.170. The van der Waals surface area contributed by atoms with Crippen molar-refractivity contribution >= 4 is 11.9 Å². The van der Waals surface area contributed by atoms with Gasteiger partial charge < -0.3 is 39.1 Å². The highest BCUT2D eigenvalue weighted by Gasteiger charge is 2.70. The Morgan fingerprint density at radius 2 is 1.88 bits per heavy atom. The zero-order valence-corrected chi connectivity index (χ0v) is 30.6. The van der Waals surface area contributed by atoms with Gasteiger partial charge in [-0.25, -0.2) is 4.79 Å². The quantitative estimate of drug-likeness (QED) is 0.180. The normalized spacial score (nSPS) is 27.1. The smallest absolute Gasteiger partial charge is 0.333 e. The predicted octanol–water partition coefficient (Wildman–Crippen LogP) is 5.67. The third-order valence-electron chi connectivity index (χ3n) is 10.3. The molecule has 2 heterocycles. The minimum Gasteiger partial charge on any atom is -0.493 e. The molecule has 1 aromatic rings. The van der Waals surface area contributed by atoms with Crippen LogP contribution in [0.1, 0.15) is 105 Å². The molecule has 0 radical (unpaired) electrons. The summed E-state index contributed by atoms with van der Waals surface area (Å²) < 4.78 is 37.6. The molecule has 48 heavy (non-hydrogen) atoms. The van der Waals surface area contributed by atoms with E-state index < -0.39 is 34.7 Å². The van der Waals surface area contributed by atoms with E-state index in [0.717, 1.165) is 30.5 Å². The largest absolute Gasteiger partial charge is 0.493 e. The number of amides is 1. The number of unbranched alkanes of at least 4 members (excludes halogenated alkanes) is 1. The molecule has 3 unspecified atom stereocenters. The summed E-state index contributed by atoms with van der Waals surface area (Å²) in [5.74, 6) is 1.67. The van der Waals surface area contributed by atoms with Crippen LogP contribution in [-0.2, 0) is 34.0 Å². The molecule has 2 N–H and O–H groups in total. The molecule has 1 spiro atoms. The van der Waals surface area contributed by atoms with Crippen molar-refractivity contribution in [2.75, 3.05) is 33.5 Å². The molecule has 0 bridgehead atoms. The molecule has 5 rings (SSSR count). The molecule has 268 valence electrons. The van der Waals surface area contributed by atoms with E-state index in [1.165, 1.54) is 12.8 Å². The summed E-state index contributed by atoms with van der Waals surface area (Å²) in [5.41, 5.74) is 0.342. The Morgan fingerprint density at radius 1 is 1.12 bits per heavy atom. The van der Waals surface area contributed by atoms with Crippen LogP contribution in [0, 0.1) is 12.8 Å². The fraction of sp³-hybridized carbons (Fsp3) is 0.737. The van der Waals surface area contributed by atoms with Gasteiger partial charge in [-0.15, -0.1) is 0 Å². The maximum atomic E-state index is 13.5. The third kappa shape index (κ3) is 7.57. The van der Waals surface area contributed by atoms with Gasteiger partial charge in [-0.3, -0.25) is 4.79 Å². The number of ether oxygens (including phenoxy) is 6. The average molecular weight is 671 g/mol. The third-order valence-corrected chi connectivity index (χ3v) is 10.3. The Bertz CT molecular complexity index is 1360. The highest BCUT2D eigenvalue weighted by molar-refractivity contribution is 5.84. The molecule has 10 nitrogen and oxygen atoms in total. The molecule has 1 saturated carbocycles. The van der Waals surface area contributed by atoms with Gasteiger partial charge in [0.2, 0.25) is 5.91 Å². The number of fused-ring (bicyclic) bond motifs is 1. The number of nitrogens with one attached hydrogen (secondary N) is 2. The maximum absolute atomic E-state index is 13.5.